The number of pyridine rings is 1. The van der Waals surface area contributed by atoms with Crippen molar-refractivity contribution in [3.63, 3.8) is 0 Å². The Morgan fingerprint density at radius 1 is 1.38 bits per heavy atom. The van der Waals surface area contributed by atoms with Gasteiger partial charge in [-0.2, -0.15) is 0 Å². The molecule has 0 radical (unpaired) electrons. The second-order valence-electron chi connectivity index (χ2n) is 5.05. The van der Waals surface area contributed by atoms with E-state index in [4.69, 9.17) is 10.8 Å². The molecule has 6 nitrogen and oxygen atoms in total. The molecule has 0 fully saturated rings. The molecule has 0 saturated carbocycles. The highest BCUT2D eigenvalue weighted by molar-refractivity contribution is 5.89. The van der Waals surface area contributed by atoms with E-state index in [0.29, 0.717) is 17.2 Å². The number of rotatable bonds is 6. The first-order chi connectivity index (χ1) is 11.5. The van der Waals surface area contributed by atoms with Crippen molar-refractivity contribution in [1.29, 1.82) is 0 Å². The van der Waals surface area contributed by atoms with Crippen LogP contribution in [0.15, 0.2) is 66.2 Å². The van der Waals surface area contributed by atoms with Crippen LogP contribution in [0.1, 0.15) is 21.5 Å². The highest BCUT2D eigenvalue weighted by Crippen LogP contribution is 2.18. The molecule has 2 aromatic rings. The zero-order valence-corrected chi connectivity index (χ0v) is 13.2. The molecule has 1 aromatic carbocycles. The Labute approximate surface area is 140 Å². The van der Waals surface area contributed by atoms with Crippen LogP contribution in [-0.2, 0) is 0 Å². The third kappa shape index (κ3) is 4.54. The van der Waals surface area contributed by atoms with E-state index in [1.165, 1.54) is 12.3 Å². The third-order valence-electron chi connectivity index (χ3n) is 3.24. The average molecular weight is 322 g/mol. The molecule has 24 heavy (non-hydrogen) atoms. The van der Waals surface area contributed by atoms with E-state index in [0.717, 1.165) is 11.1 Å². The number of carboxylic acid groups (broad SMARTS) is 1. The van der Waals surface area contributed by atoms with Gasteiger partial charge in [-0.05, 0) is 42.8 Å². The number of aliphatic imine (C=N–C) groups is 1. The summed E-state index contributed by atoms with van der Waals surface area (Å²) >= 11 is 0. The molecule has 0 aliphatic rings. The van der Waals surface area contributed by atoms with Crippen LogP contribution in [0.2, 0.25) is 0 Å². The van der Waals surface area contributed by atoms with E-state index < -0.39 is 5.97 Å². The van der Waals surface area contributed by atoms with Crippen LogP contribution in [0.4, 0.5) is 5.69 Å². The first-order valence-corrected chi connectivity index (χ1v) is 7.17. The summed E-state index contributed by atoms with van der Waals surface area (Å²) in [5.74, 6) is -0.616. The van der Waals surface area contributed by atoms with Crippen molar-refractivity contribution in [2.45, 2.75) is 6.92 Å². The summed E-state index contributed by atoms with van der Waals surface area (Å²) in [6.45, 7) is 5.66. The lowest BCUT2D eigenvalue weighted by Gasteiger charge is -2.09. The summed E-state index contributed by atoms with van der Waals surface area (Å²) in [7, 11) is 0. The summed E-state index contributed by atoms with van der Waals surface area (Å²) in [6, 6.07) is 8.46. The first-order valence-electron chi connectivity index (χ1n) is 7.17. The maximum absolute atomic E-state index is 11.0. The van der Waals surface area contributed by atoms with Gasteiger partial charge >= 0.3 is 5.97 Å². The highest BCUT2D eigenvalue weighted by Gasteiger charge is 2.06. The molecule has 0 amide bonds. The lowest BCUT2D eigenvalue weighted by Crippen LogP contribution is -2.02. The van der Waals surface area contributed by atoms with E-state index >= 15 is 0 Å². The van der Waals surface area contributed by atoms with Crippen LogP contribution in [0.3, 0.4) is 0 Å². The number of aromatic nitrogens is 1. The van der Waals surface area contributed by atoms with E-state index in [-0.39, 0.29) is 5.56 Å². The molecule has 0 saturated heterocycles. The van der Waals surface area contributed by atoms with Crippen LogP contribution in [0.25, 0.3) is 5.70 Å². The normalized spacial score (nSPS) is 11.5. The second-order valence-corrected chi connectivity index (χ2v) is 5.05. The SMILES string of the molecule is C=C(/N=C\C=C(/N)c1cccnc1)Nc1cc(C(=O)O)ccc1C. The Balaban J connectivity index is 2.06. The quantitative estimate of drug-likeness (QED) is 0.710. The van der Waals surface area contributed by atoms with Gasteiger partial charge in [-0.1, -0.05) is 12.6 Å². The summed E-state index contributed by atoms with van der Waals surface area (Å²) in [5.41, 5.74) is 8.98. The summed E-state index contributed by atoms with van der Waals surface area (Å²) < 4.78 is 0. The number of anilines is 1. The topological polar surface area (TPSA) is 101 Å². The zero-order valence-electron chi connectivity index (χ0n) is 13.2. The van der Waals surface area contributed by atoms with Crippen molar-refractivity contribution < 1.29 is 9.90 Å². The standard InChI is InChI=1S/C18H18N4O2/c1-12-5-6-14(18(23)24)10-17(12)22-13(2)21-9-7-16(19)15-4-3-8-20-11-15/h3-11,22H,2,19H2,1H3,(H,23,24)/b16-7-,21-9-. The summed E-state index contributed by atoms with van der Waals surface area (Å²) in [6.07, 6.45) is 6.50. The molecule has 0 aliphatic heterocycles. The summed E-state index contributed by atoms with van der Waals surface area (Å²) in [4.78, 5) is 19.2. The maximum atomic E-state index is 11.0. The number of nitrogens with two attached hydrogens (primary N) is 1. The Morgan fingerprint density at radius 2 is 2.17 bits per heavy atom. The van der Waals surface area contributed by atoms with E-state index in [1.54, 1.807) is 36.7 Å². The lowest BCUT2D eigenvalue weighted by molar-refractivity contribution is 0.0697. The van der Waals surface area contributed by atoms with Crippen LogP contribution < -0.4 is 11.1 Å². The highest BCUT2D eigenvalue weighted by atomic mass is 16.4. The van der Waals surface area contributed by atoms with E-state index in [2.05, 4.69) is 21.9 Å². The zero-order chi connectivity index (χ0) is 17.5. The van der Waals surface area contributed by atoms with Crippen molar-refractivity contribution >= 4 is 23.6 Å². The Hall–Kier alpha value is -3.41. The van der Waals surface area contributed by atoms with Gasteiger partial charge in [-0.3, -0.25) is 4.98 Å². The van der Waals surface area contributed by atoms with Crippen LogP contribution in [0, 0.1) is 6.92 Å². The molecule has 4 N–H and O–H groups in total. The lowest BCUT2D eigenvalue weighted by atomic mass is 10.1. The molecule has 2 rings (SSSR count). The number of nitrogens with one attached hydrogen (secondary N) is 1. The average Bonchev–Trinajstić information content (AvgIpc) is 2.57. The maximum Gasteiger partial charge on any atom is 0.335 e. The van der Waals surface area contributed by atoms with Gasteiger partial charge in [0.15, 0.2) is 0 Å². The Morgan fingerprint density at radius 3 is 2.83 bits per heavy atom. The second kappa shape index (κ2) is 7.73. The molecule has 0 atom stereocenters. The number of hydrogen-bond acceptors (Lipinski definition) is 5. The predicted molar refractivity (Wildman–Crippen MR) is 95.8 cm³/mol. The van der Waals surface area contributed by atoms with Gasteiger partial charge in [-0.25, -0.2) is 9.79 Å². The van der Waals surface area contributed by atoms with E-state index in [9.17, 15) is 4.79 Å². The smallest absolute Gasteiger partial charge is 0.335 e. The number of hydrogen-bond donors (Lipinski definition) is 3. The van der Waals surface area contributed by atoms with Gasteiger partial charge < -0.3 is 16.2 Å². The molecule has 0 bridgehead atoms. The van der Waals surface area contributed by atoms with E-state index in [1.807, 2.05) is 13.0 Å². The van der Waals surface area contributed by atoms with Crippen molar-refractivity contribution in [2.24, 2.45) is 10.7 Å². The van der Waals surface area contributed by atoms with Gasteiger partial charge in [0.05, 0.1) is 5.56 Å². The Bertz CT molecular complexity index is 811. The minimum absolute atomic E-state index is 0.195. The largest absolute Gasteiger partial charge is 0.478 e. The number of carboxylic acids is 1. The molecule has 0 spiro atoms. The number of carbonyl (C=O) groups is 1. The minimum atomic E-state index is -0.987. The van der Waals surface area contributed by atoms with Crippen molar-refractivity contribution in [2.75, 3.05) is 5.32 Å². The van der Waals surface area contributed by atoms with Gasteiger partial charge in [-0.15, -0.1) is 0 Å². The fraction of sp³-hybridized carbons (Fsp3) is 0.0556. The van der Waals surface area contributed by atoms with Crippen LogP contribution in [0.5, 0.6) is 0 Å². The monoisotopic (exact) mass is 322 g/mol. The molecule has 1 heterocycles. The van der Waals surface area contributed by atoms with Gasteiger partial charge in [0.1, 0.15) is 5.82 Å². The van der Waals surface area contributed by atoms with Gasteiger partial charge in [0.2, 0.25) is 0 Å². The third-order valence-corrected chi connectivity index (χ3v) is 3.24. The fourth-order valence-corrected chi connectivity index (χ4v) is 1.91. The number of allylic oxidation sites excluding steroid dienone is 1. The van der Waals surface area contributed by atoms with Crippen molar-refractivity contribution in [3.8, 4) is 0 Å². The van der Waals surface area contributed by atoms with Crippen molar-refractivity contribution in [3.05, 3.63) is 77.9 Å². The van der Waals surface area contributed by atoms with Crippen molar-refractivity contribution in [1.82, 2.24) is 4.98 Å². The number of benzene rings is 1. The molecule has 122 valence electrons. The molecule has 0 unspecified atom stereocenters. The predicted octanol–water partition coefficient (Wildman–Crippen LogP) is 3.04. The molecule has 1 aromatic heterocycles. The van der Waals surface area contributed by atoms with Gasteiger partial charge in [0.25, 0.3) is 0 Å². The number of aromatic carboxylic acids is 1. The fourth-order valence-electron chi connectivity index (χ4n) is 1.91. The first kappa shape index (κ1) is 17.0. The molecule has 6 heteroatoms. The Kier molecular flexibility index (Phi) is 5.46. The molecule has 0 aliphatic carbocycles. The summed E-state index contributed by atoms with van der Waals surface area (Å²) in [5, 5.41) is 12.0. The number of nitrogens with zero attached hydrogens (tertiary/aromatic N) is 2. The minimum Gasteiger partial charge on any atom is -0.478 e. The van der Waals surface area contributed by atoms with Crippen LogP contribution >= 0.6 is 0 Å². The number of aryl methyl sites for hydroxylation is 1. The van der Waals surface area contributed by atoms with Gasteiger partial charge in [0, 0.05) is 35.6 Å². The molecular formula is C18H18N4O2. The van der Waals surface area contributed by atoms with Crippen LogP contribution in [-0.4, -0.2) is 22.3 Å². The molecular weight excluding hydrogens is 304 g/mol.